The molecule has 0 unspecified atom stereocenters. The van der Waals surface area contributed by atoms with Gasteiger partial charge < -0.3 is 9.64 Å². The molecule has 2 aromatic rings. The van der Waals surface area contributed by atoms with E-state index in [0.29, 0.717) is 12.3 Å². The highest BCUT2D eigenvalue weighted by Crippen LogP contribution is 2.26. The number of aromatic nitrogens is 1. The number of aryl methyl sites for hydroxylation is 1. The van der Waals surface area contributed by atoms with Crippen LogP contribution in [0.25, 0.3) is 0 Å². The summed E-state index contributed by atoms with van der Waals surface area (Å²) in [6.07, 6.45) is 0. The van der Waals surface area contributed by atoms with Crippen molar-refractivity contribution in [2.45, 2.75) is 20.4 Å². The van der Waals surface area contributed by atoms with Crippen LogP contribution in [0.5, 0.6) is 0 Å². The number of anilines is 1. The molecule has 0 aliphatic carbocycles. The Labute approximate surface area is 136 Å². The first-order valence-electron chi connectivity index (χ1n) is 6.61. The first kappa shape index (κ1) is 16.0. The Balaban J connectivity index is 2.14. The van der Waals surface area contributed by atoms with Gasteiger partial charge in [-0.2, -0.15) is 0 Å². The molecule has 0 fully saturated rings. The van der Waals surface area contributed by atoms with E-state index in [0.717, 1.165) is 21.0 Å². The first-order valence-corrected chi connectivity index (χ1v) is 8.22. The SMILES string of the molecule is CCOC(=O)c1nc(N(C)Cc2cccc(Br)c2)sc1C. The summed E-state index contributed by atoms with van der Waals surface area (Å²) in [7, 11) is 1.97. The second kappa shape index (κ2) is 7.04. The summed E-state index contributed by atoms with van der Waals surface area (Å²) in [6, 6.07) is 8.14. The number of thiazole rings is 1. The van der Waals surface area contributed by atoms with Gasteiger partial charge in [0.2, 0.25) is 0 Å². The predicted molar refractivity (Wildman–Crippen MR) is 89.1 cm³/mol. The van der Waals surface area contributed by atoms with E-state index >= 15 is 0 Å². The number of hydrogen-bond donors (Lipinski definition) is 0. The van der Waals surface area contributed by atoms with Gasteiger partial charge in [0.1, 0.15) is 0 Å². The van der Waals surface area contributed by atoms with Crippen molar-refractivity contribution in [3.05, 3.63) is 44.9 Å². The summed E-state index contributed by atoms with van der Waals surface area (Å²) in [5, 5.41) is 0.815. The van der Waals surface area contributed by atoms with E-state index in [4.69, 9.17) is 4.74 Å². The van der Waals surface area contributed by atoms with E-state index in [2.05, 4.69) is 33.0 Å². The largest absolute Gasteiger partial charge is 0.461 e. The Kier molecular flexibility index (Phi) is 5.36. The first-order chi connectivity index (χ1) is 10.0. The molecular weight excluding hydrogens is 352 g/mol. The number of halogens is 1. The van der Waals surface area contributed by atoms with E-state index in [1.54, 1.807) is 6.92 Å². The Morgan fingerprint density at radius 3 is 2.90 bits per heavy atom. The van der Waals surface area contributed by atoms with E-state index in [-0.39, 0.29) is 5.97 Å². The summed E-state index contributed by atoms with van der Waals surface area (Å²) < 4.78 is 6.07. The third kappa shape index (κ3) is 4.04. The lowest BCUT2D eigenvalue weighted by Gasteiger charge is -2.15. The number of nitrogens with zero attached hydrogens (tertiary/aromatic N) is 2. The molecule has 6 heteroatoms. The second-order valence-corrected chi connectivity index (χ2v) is 6.71. The average molecular weight is 369 g/mol. The van der Waals surface area contributed by atoms with Gasteiger partial charge in [0.05, 0.1) is 6.61 Å². The quantitative estimate of drug-likeness (QED) is 0.747. The molecule has 0 atom stereocenters. The fourth-order valence-corrected chi connectivity index (χ4v) is 3.21. The second-order valence-electron chi connectivity index (χ2n) is 4.61. The molecule has 21 heavy (non-hydrogen) atoms. The minimum atomic E-state index is -0.353. The monoisotopic (exact) mass is 368 g/mol. The third-order valence-corrected chi connectivity index (χ3v) is 4.47. The van der Waals surface area contributed by atoms with Gasteiger partial charge in [-0.25, -0.2) is 9.78 Å². The van der Waals surface area contributed by atoms with Gasteiger partial charge in [-0.3, -0.25) is 0 Å². The van der Waals surface area contributed by atoms with Crippen molar-refractivity contribution in [3.63, 3.8) is 0 Å². The zero-order chi connectivity index (χ0) is 15.4. The summed E-state index contributed by atoms with van der Waals surface area (Å²) >= 11 is 4.97. The van der Waals surface area contributed by atoms with Gasteiger partial charge in [-0.15, -0.1) is 11.3 Å². The summed E-state index contributed by atoms with van der Waals surface area (Å²) in [5.74, 6) is -0.353. The highest BCUT2D eigenvalue weighted by molar-refractivity contribution is 9.10. The lowest BCUT2D eigenvalue weighted by molar-refractivity contribution is 0.0519. The third-order valence-electron chi connectivity index (χ3n) is 2.89. The van der Waals surface area contributed by atoms with Crippen LogP contribution in [-0.2, 0) is 11.3 Å². The van der Waals surface area contributed by atoms with Gasteiger partial charge in [0.25, 0.3) is 0 Å². The van der Waals surface area contributed by atoms with Crippen LogP contribution >= 0.6 is 27.3 Å². The van der Waals surface area contributed by atoms with Crippen molar-refractivity contribution in [2.75, 3.05) is 18.6 Å². The Hall–Kier alpha value is -1.40. The fourth-order valence-electron chi connectivity index (χ4n) is 1.91. The summed E-state index contributed by atoms with van der Waals surface area (Å²) in [4.78, 5) is 19.1. The molecule has 0 spiro atoms. The minimum Gasteiger partial charge on any atom is -0.461 e. The lowest BCUT2D eigenvalue weighted by Crippen LogP contribution is -2.16. The maximum atomic E-state index is 11.8. The molecule has 1 aromatic carbocycles. The van der Waals surface area contributed by atoms with Crippen LogP contribution in [0.1, 0.15) is 27.9 Å². The molecule has 0 amide bonds. The molecule has 1 heterocycles. The maximum absolute atomic E-state index is 11.8. The van der Waals surface area contributed by atoms with E-state index in [1.165, 1.54) is 16.9 Å². The molecular formula is C15H17BrN2O2S. The average Bonchev–Trinajstić information content (AvgIpc) is 2.81. The van der Waals surface area contributed by atoms with Gasteiger partial charge in [0.15, 0.2) is 10.8 Å². The van der Waals surface area contributed by atoms with Crippen LogP contribution in [0.2, 0.25) is 0 Å². The smallest absolute Gasteiger partial charge is 0.358 e. The molecule has 112 valence electrons. The molecule has 0 radical (unpaired) electrons. The molecule has 0 aliphatic heterocycles. The number of benzene rings is 1. The molecule has 0 bridgehead atoms. The van der Waals surface area contributed by atoms with Crippen LogP contribution in [0.3, 0.4) is 0 Å². The molecule has 4 nitrogen and oxygen atoms in total. The van der Waals surface area contributed by atoms with Gasteiger partial charge in [-0.1, -0.05) is 28.1 Å². The Morgan fingerprint density at radius 1 is 1.48 bits per heavy atom. The lowest BCUT2D eigenvalue weighted by atomic mass is 10.2. The maximum Gasteiger partial charge on any atom is 0.358 e. The van der Waals surface area contributed by atoms with Crippen LogP contribution in [0.4, 0.5) is 5.13 Å². The highest BCUT2D eigenvalue weighted by Gasteiger charge is 2.18. The highest BCUT2D eigenvalue weighted by atomic mass is 79.9. The van der Waals surface area contributed by atoms with Crippen molar-refractivity contribution in [1.82, 2.24) is 4.98 Å². The van der Waals surface area contributed by atoms with Crippen molar-refractivity contribution in [3.8, 4) is 0 Å². The number of carbonyl (C=O) groups excluding carboxylic acids is 1. The fraction of sp³-hybridized carbons (Fsp3) is 0.333. The van der Waals surface area contributed by atoms with Crippen LogP contribution in [-0.4, -0.2) is 24.6 Å². The number of carbonyl (C=O) groups is 1. The number of hydrogen-bond acceptors (Lipinski definition) is 5. The van der Waals surface area contributed by atoms with Crippen molar-refractivity contribution in [2.24, 2.45) is 0 Å². The zero-order valence-electron chi connectivity index (χ0n) is 12.2. The van der Waals surface area contributed by atoms with Gasteiger partial charge in [0, 0.05) is 22.9 Å². The zero-order valence-corrected chi connectivity index (χ0v) is 14.6. The Bertz CT molecular complexity index is 642. The van der Waals surface area contributed by atoms with E-state index < -0.39 is 0 Å². The van der Waals surface area contributed by atoms with Gasteiger partial charge in [-0.05, 0) is 31.5 Å². The molecule has 0 saturated carbocycles. The number of ether oxygens (including phenoxy) is 1. The molecule has 2 rings (SSSR count). The van der Waals surface area contributed by atoms with E-state index in [1.807, 2.05) is 31.0 Å². The summed E-state index contributed by atoms with van der Waals surface area (Å²) in [6.45, 7) is 4.77. The predicted octanol–water partition coefficient (Wildman–Crippen LogP) is 4.03. The topological polar surface area (TPSA) is 42.4 Å². The van der Waals surface area contributed by atoms with Crippen LogP contribution in [0.15, 0.2) is 28.7 Å². The number of rotatable bonds is 5. The van der Waals surface area contributed by atoms with E-state index in [9.17, 15) is 4.79 Å². The van der Waals surface area contributed by atoms with Crippen LogP contribution in [0, 0.1) is 6.92 Å². The van der Waals surface area contributed by atoms with Crippen molar-refractivity contribution >= 4 is 38.4 Å². The molecule has 0 N–H and O–H groups in total. The standard InChI is InChI=1S/C15H17BrN2O2S/c1-4-20-14(19)13-10(2)21-15(17-13)18(3)9-11-6-5-7-12(16)8-11/h5-8H,4,9H2,1-3H3. The Morgan fingerprint density at radius 2 is 2.24 bits per heavy atom. The number of esters is 1. The summed E-state index contributed by atoms with van der Waals surface area (Å²) in [5.41, 5.74) is 1.59. The van der Waals surface area contributed by atoms with Gasteiger partial charge >= 0.3 is 5.97 Å². The molecule has 0 aliphatic rings. The molecule has 1 aromatic heterocycles. The van der Waals surface area contributed by atoms with Crippen LogP contribution < -0.4 is 4.90 Å². The normalized spacial score (nSPS) is 10.5. The minimum absolute atomic E-state index is 0.353. The van der Waals surface area contributed by atoms with Crippen molar-refractivity contribution in [1.29, 1.82) is 0 Å². The molecule has 0 saturated heterocycles. The van der Waals surface area contributed by atoms with Crippen molar-refractivity contribution < 1.29 is 9.53 Å².